The number of anilines is 1. The maximum atomic E-state index is 9.06. The molecular formula is C19H29NO. The monoisotopic (exact) mass is 287 g/mol. The minimum absolute atomic E-state index is 0.639. The first-order valence-corrected chi connectivity index (χ1v) is 7.59. The molecule has 0 radical (unpaired) electrons. The second-order valence-corrected chi connectivity index (χ2v) is 5.17. The third-order valence-corrected chi connectivity index (χ3v) is 3.17. The third kappa shape index (κ3) is 10.6. The van der Waals surface area contributed by atoms with Gasteiger partial charge in [-0.05, 0) is 49.5 Å². The molecule has 0 fully saturated rings. The molecule has 0 spiro atoms. The van der Waals surface area contributed by atoms with Crippen molar-refractivity contribution in [2.75, 3.05) is 19.0 Å². The van der Waals surface area contributed by atoms with Gasteiger partial charge in [0.1, 0.15) is 6.29 Å². The fourth-order valence-corrected chi connectivity index (χ4v) is 1.93. The van der Waals surface area contributed by atoms with Crippen LogP contribution in [0.5, 0.6) is 0 Å². The third-order valence-electron chi connectivity index (χ3n) is 3.17. The topological polar surface area (TPSA) is 20.3 Å². The predicted molar refractivity (Wildman–Crippen MR) is 94.0 cm³/mol. The number of carbonyl (C=O) groups excluding carboxylic acids is 1. The molecule has 1 aromatic rings. The molecule has 2 nitrogen and oxygen atoms in total. The molecule has 0 bridgehead atoms. The highest BCUT2D eigenvalue weighted by molar-refractivity contribution is 5.63. The highest BCUT2D eigenvalue weighted by Crippen LogP contribution is 2.14. The summed E-state index contributed by atoms with van der Waals surface area (Å²) < 4.78 is 0. The zero-order valence-corrected chi connectivity index (χ0v) is 13.6. The van der Waals surface area contributed by atoms with Gasteiger partial charge in [0.25, 0.3) is 0 Å². The van der Waals surface area contributed by atoms with E-state index in [1.165, 1.54) is 49.4 Å². The summed E-state index contributed by atoms with van der Waals surface area (Å²) in [6, 6.07) is 8.90. The molecule has 2 heteroatoms. The van der Waals surface area contributed by atoms with E-state index in [0.29, 0.717) is 6.29 Å². The number of benzene rings is 1. The van der Waals surface area contributed by atoms with Crippen molar-refractivity contribution in [3.63, 3.8) is 0 Å². The molecule has 0 saturated heterocycles. The zero-order valence-electron chi connectivity index (χ0n) is 13.6. The van der Waals surface area contributed by atoms with E-state index in [9.17, 15) is 0 Å². The minimum atomic E-state index is 0.639. The summed E-state index contributed by atoms with van der Waals surface area (Å²) in [7, 11) is 4.16. The predicted octanol–water partition coefficient (Wildman–Crippen LogP) is 4.80. The fraction of sp³-hybridized carbons (Fsp3) is 0.421. The standard InChI is InChI=1S/C16H25N.C3H4O/c1-4-5-6-7-8-9-10-15-11-13-16(14-12-15)17(2)3;1-2-3-4/h4,11-14H,1,5-10H2,2-3H3;2-3H,1H2. The molecule has 0 atom stereocenters. The maximum absolute atomic E-state index is 9.06. The van der Waals surface area contributed by atoms with E-state index in [1.807, 2.05) is 6.08 Å². The van der Waals surface area contributed by atoms with E-state index in [4.69, 9.17) is 4.79 Å². The van der Waals surface area contributed by atoms with Crippen LogP contribution in [0.15, 0.2) is 49.6 Å². The van der Waals surface area contributed by atoms with Gasteiger partial charge in [-0.15, -0.1) is 6.58 Å². The Morgan fingerprint density at radius 1 is 1.00 bits per heavy atom. The Morgan fingerprint density at radius 3 is 2.05 bits per heavy atom. The molecule has 21 heavy (non-hydrogen) atoms. The molecule has 0 amide bonds. The van der Waals surface area contributed by atoms with Gasteiger partial charge in [0, 0.05) is 19.8 Å². The highest BCUT2D eigenvalue weighted by atomic mass is 16.1. The largest absolute Gasteiger partial charge is 0.378 e. The summed E-state index contributed by atoms with van der Waals surface area (Å²) in [5, 5.41) is 0. The van der Waals surface area contributed by atoms with Crippen molar-refractivity contribution in [1.29, 1.82) is 0 Å². The van der Waals surface area contributed by atoms with Crippen LogP contribution in [0.3, 0.4) is 0 Å². The van der Waals surface area contributed by atoms with Crippen LogP contribution in [-0.4, -0.2) is 20.4 Å². The molecular weight excluding hydrogens is 258 g/mol. The first kappa shape index (κ1) is 19.2. The lowest BCUT2D eigenvalue weighted by molar-refractivity contribution is -0.104. The van der Waals surface area contributed by atoms with Gasteiger partial charge in [0.05, 0.1) is 0 Å². The first-order chi connectivity index (χ1) is 10.2. The van der Waals surface area contributed by atoms with Gasteiger partial charge in [0.15, 0.2) is 0 Å². The molecule has 0 aliphatic rings. The molecule has 0 saturated carbocycles. The highest BCUT2D eigenvalue weighted by Gasteiger charge is 1.96. The molecule has 0 aromatic heterocycles. The smallest absolute Gasteiger partial charge is 0.142 e. The summed E-state index contributed by atoms with van der Waals surface area (Å²) >= 11 is 0. The number of rotatable bonds is 9. The number of hydrogen-bond acceptors (Lipinski definition) is 2. The van der Waals surface area contributed by atoms with Crippen molar-refractivity contribution in [2.24, 2.45) is 0 Å². The molecule has 0 unspecified atom stereocenters. The van der Waals surface area contributed by atoms with Gasteiger partial charge in [0.2, 0.25) is 0 Å². The molecule has 0 aliphatic heterocycles. The number of allylic oxidation sites excluding steroid dienone is 2. The summed E-state index contributed by atoms with van der Waals surface area (Å²) in [5.74, 6) is 0. The van der Waals surface area contributed by atoms with Crippen molar-refractivity contribution in [3.05, 3.63) is 55.1 Å². The van der Waals surface area contributed by atoms with Crippen LogP contribution < -0.4 is 4.90 Å². The summed E-state index contributed by atoms with van der Waals surface area (Å²) in [5.41, 5.74) is 2.74. The lowest BCUT2D eigenvalue weighted by Crippen LogP contribution is -2.08. The Morgan fingerprint density at radius 2 is 1.57 bits per heavy atom. The van der Waals surface area contributed by atoms with E-state index in [1.54, 1.807) is 0 Å². The Bertz CT molecular complexity index is 387. The van der Waals surface area contributed by atoms with Crippen LogP contribution >= 0.6 is 0 Å². The number of hydrogen-bond donors (Lipinski definition) is 0. The maximum Gasteiger partial charge on any atom is 0.142 e. The Kier molecular flexibility index (Phi) is 12.0. The van der Waals surface area contributed by atoms with Crippen LogP contribution in [0.1, 0.15) is 37.7 Å². The van der Waals surface area contributed by atoms with Crippen LogP contribution in [0, 0.1) is 0 Å². The Hall–Kier alpha value is -1.83. The van der Waals surface area contributed by atoms with Crippen LogP contribution in [0.4, 0.5) is 5.69 Å². The van der Waals surface area contributed by atoms with Crippen molar-refractivity contribution >= 4 is 12.0 Å². The average Bonchev–Trinajstić information content (AvgIpc) is 2.51. The fourth-order valence-electron chi connectivity index (χ4n) is 1.93. The van der Waals surface area contributed by atoms with E-state index in [2.05, 4.69) is 56.4 Å². The molecule has 0 aliphatic carbocycles. The van der Waals surface area contributed by atoms with Crippen molar-refractivity contribution in [1.82, 2.24) is 0 Å². The van der Waals surface area contributed by atoms with E-state index in [0.717, 1.165) is 6.42 Å². The van der Waals surface area contributed by atoms with Gasteiger partial charge in [-0.3, -0.25) is 4.79 Å². The molecule has 0 N–H and O–H groups in total. The second kappa shape index (κ2) is 13.2. The van der Waals surface area contributed by atoms with Crippen molar-refractivity contribution in [2.45, 2.75) is 38.5 Å². The molecule has 0 heterocycles. The summed E-state index contributed by atoms with van der Waals surface area (Å²) in [6.45, 7) is 6.86. The lowest BCUT2D eigenvalue weighted by atomic mass is 10.1. The Labute approximate surface area is 130 Å². The zero-order chi connectivity index (χ0) is 15.9. The van der Waals surface area contributed by atoms with Crippen LogP contribution in [0.2, 0.25) is 0 Å². The summed E-state index contributed by atoms with van der Waals surface area (Å²) in [4.78, 5) is 11.2. The van der Waals surface area contributed by atoms with E-state index < -0.39 is 0 Å². The van der Waals surface area contributed by atoms with Crippen molar-refractivity contribution < 1.29 is 4.79 Å². The number of nitrogens with zero attached hydrogens (tertiary/aromatic N) is 1. The number of carbonyl (C=O) groups is 1. The molecule has 116 valence electrons. The summed E-state index contributed by atoms with van der Waals surface area (Å²) in [6.07, 6.45) is 11.5. The minimum Gasteiger partial charge on any atom is -0.378 e. The lowest BCUT2D eigenvalue weighted by Gasteiger charge is -2.12. The van der Waals surface area contributed by atoms with Gasteiger partial charge < -0.3 is 4.90 Å². The van der Waals surface area contributed by atoms with Crippen LogP contribution in [0.25, 0.3) is 0 Å². The Balaban J connectivity index is 0.000000885. The van der Waals surface area contributed by atoms with Gasteiger partial charge >= 0.3 is 0 Å². The molecule has 1 rings (SSSR count). The van der Waals surface area contributed by atoms with Gasteiger partial charge in [-0.1, -0.05) is 37.6 Å². The first-order valence-electron chi connectivity index (χ1n) is 7.59. The number of aldehydes is 1. The quantitative estimate of drug-likeness (QED) is 0.281. The van der Waals surface area contributed by atoms with Crippen molar-refractivity contribution in [3.8, 4) is 0 Å². The van der Waals surface area contributed by atoms with Gasteiger partial charge in [-0.25, -0.2) is 0 Å². The van der Waals surface area contributed by atoms with Gasteiger partial charge in [-0.2, -0.15) is 0 Å². The second-order valence-electron chi connectivity index (χ2n) is 5.17. The molecule has 1 aromatic carbocycles. The van der Waals surface area contributed by atoms with Crippen LogP contribution in [-0.2, 0) is 11.2 Å². The van der Waals surface area contributed by atoms with E-state index >= 15 is 0 Å². The number of aryl methyl sites for hydroxylation is 1. The normalized spacial score (nSPS) is 9.24. The van der Waals surface area contributed by atoms with E-state index in [-0.39, 0.29) is 0 Å². The number of unbranched alkanes of at least 4 members (excludes halogenated alkanes) is 4. The SMILES string of the molecule is C=CC=O.C=CCCCCCCc1ccc(N(C)C)cc1. The average molecular weight is 287 g/mol.